The van der Waals surface area contributed by atoms with Crippen molar-refractivity contribution in [3.63, 3.8) is 0 Å². The normalized spacial score (nSPS) is 10.9. The van der Waals surface area contributed by atoms with Gasteiger partial charge >= 0.3 is 0 Å². The van der Waals surface area contributed by atoms with E-state index in [2.05, 4.69) is 51.7 Å². The molecule has 0 aliphatic rings. The number of hydrogen-bond acceptors (Lipinski definition) is 4. The lowest BCUT2D eigenvalue weighted by Crippen LogP contribution is -2.15. The predicted molar refractivity (Wildman–Crippen MR) is 95.6 cm³/mol. The predicted octanol–water partition coefficient (Wildman–Crippen LogP) is 2.72. The minimum absolute atomic E-state index is 0.234. The number of aryl methyl sites for hydroxylation is 3. The van der Waals surface area contributed by atoms with Crippen LogP contribution in [0.1, 0.15) is 39.8 Å². The molecule has 0 saturated carbocycles. The molecular formula is C18H22N6O. The van der Waals surface area contributed by atoms with Crippen molar-refractivity contribution in [3.8, 4) is 0 Å². The molecule has 0 spiro atoms. The molecule has 25 heavy (non-hydrogen) atoms. The molecular weight excluding hydrogens is 316 g/mol. The van der Waals surface area contributed by atoms with Crippen molar-refractivity contribution >= 4 is 11.9 Å². The molecule has 3 rings (SSSR count). The molecule has 0 unspecified atom stereocenters. The topological polar surface area (TPSA) is 77.6 Å². The molecule has 0 aliphatic heterocycles. The van der Waals surface area contributed by atoms with Crippen LogP contribution in [-0.4, -0.2) is 30.5 Å². The average Bonchev–Trinajstić information content (AvgIpc) is 3.13. The number of hydrogen-bond donors (Lipinski definition) is 1. The highest BCUT2D eigenvalue weighted by Crippen LogP contribution is 2.14. The van der Waals surface area contributed by atoms with Gasteiger partial charge in [-0.1, -0.05) is 29.8 Å². The van der Waals surface area contributed by atoms with E-state index in [-0.39, 0.29) is 5.91 Å². The second-order valence-corrected chi connectivity index (χ2v) is 6.07. The number of amides is 1. The molecule has 0 atom stereocenters. The third kappa shape index (κ3) is 3.60. The van der Waals surface area contributed by atoms with Crippen LogP contribution in [-0.2, 0) is 13.1 Å². The van der Waals surface area contributed by atoms with Gasteiger partial charge in [0.25, 0.3) is 5.91 Å². The minimum Gasteiger partial charge on any atom is -0.289 e. The highest BCUT2D eigenvalue weighted by atomic mass is 16.1. The fraction of sp³-hybridized carbons (Fsp3) is 0.333. The third-order valence-electron chi connectivity index (χ3n) is 4.14. The van der Waals surface area contributed by atoms with E-state index in [0.717, 1.165) is 17.8 Å². The Morgan fingerprint density at radius 1 is 1.12 bits per heavy atom. The number of rotatable bonds is 5. The largest absolute Gasteiger partial charge is 0.289 e. The van der Waals surface area contributed by atoms with Gasteiger partial charge < -0.3 is 0 Å². The van der Waals surface area contributed by atoms with Crippen molar-refractivity contribution in [2.45, 2.75) is 40.8 Å². The molecule has 3 aromatic rings. The lowest BCUT2D eigenvalue weighted by Gasteiger charge is -2.03. The SMILES string of the molecule is CCn1nc(C)c(C(=O)Nc2ncn(Cc3ccc(C)cc3)n2)c1C. The number of carbonyl (C=O) groups is 1. The van der Waals surface area contributed by atoms with Gasteiger partial charge in [-0.05, 0) is 33.3 Å². The van der Waals surface area contributed by atoms with Crippen molar-refractivity contribution in [3.05, 3.63) is 58.7 Å². The van der Waals surface area contributed by atoms with E-state index in [0.29, 0.717) is 23.8 Å². The third-order valence-corrected chi connectivity index (χ3v) is 4.14. The van der Waals surface area contributed by atoms with Crippen LogP contribution in [0, 0.1) is 20.8 Å². The quantitative estimate of drug-likeness (QED) is 0.776. The lowest BCUT2D eigenvalue weighted by atomic mass is 10.1. The van der Waals surface area contributed by atoms with Crippen molar-refractivity contribution in [2.24, 2.45) is 0 Å². The Morgan fingerprint density at radius 2 is 1.84 bits per heavy atom. The van der Waals surface area contributed by atoms with Crippen molar-refractivity contribution in [1.29, 1.82) is 0 Å². The number of anilines is 1. The van der Waals surface area contributed by atoms with Crippen molar-refractivity contribution in [2.75, 3.05) is 5.32 Å². The van der Waals surface area contributed by atoms with Crippen LogP contribution >= 0.6 is 0 Å². The lowest BCUT2D eigenvalue weighted by molar-refractivity contribution is 0.102. The fourth-order valence-corrected chi connectivity index (χ4v) is 2.81. The van der Waals surface area contributed by atoms with E-state index in [1.165, 1.54) is 5.56 Å². The van der Waals surface area contributed by atoms with Gasteiger partial charge in [-0.15, -0.1) is 5.10 Å². The Hall–Kier alpha value is -2.96. The molecule has 0 radical (unpaired) electrons. The summed E-state index contributed by atoms with van der Waals surface area (Å²) in [6.07, 6.45) is 1.62. The Morgan fingerprint density at radius 3 is 2.48 bits per heavy atom. The zero-order valence-corrected chi connectivity index (χ0v) is 14.9. The first-order valence-corrected chi connectivity index (χ1v) is 8.28. The molecule has 1 aromatic carbocycles. The molecule has 7 heteroatoms. The van der Waals surface area contributed by atoms with Crippen molar-refractivity contribution < 1.29 is 4.79 Å². The second kappa shape index (κ2) is 6.88. The molecule has 0 saturated heterocycles. The summed E-state index contributed by atoms with van der Waals surface area (Å²) in [6.45, 7) is 9.10. The zero-order chi connectivity index (χ0) is 18.0. The van der Waals surface area contributed by atoms with Gasteiger partial charge in [-0.3, -0.25) is 14.8 Å². The fourth-order valence-electron chi connectivity index (χ4n) is 2.81. The van der Waals surface area contributed by atoms with E-state index >= 15 is 0 Å². The highest BCUT2D eigenvalue weighted by molar-refractivity contribution is 6.04. The second-order valence-electron chi connectivity index (χ2n) is 6.07. The van der Waals surface area contributed by atoms with Crippen LogP contribution < -0.4 is 5.32 Å². The summed E-state index contributed by atoms with van der Waals surface area (Å²) in [5.74, 6) is 0.0583. The van der Waals surface area contributed by atoms with Gasteiger partial charge in [-0.2, -0.15) is 5.10 Å². The van der Waals surface area contributed by atoms with E-state index in [1.54, 1.807) is 11.0 Å². The first kappa shape index (κ1) is 16.9. The van der Waals surface area contributed by atoms with Crippen LogP contribution in [0.15, 0.2) is 30.6 Å². The monoisotopic (exact) mass is 338 g/mol. The van der Waals surface area contributed by atoms with E-state index in [4.69, 9.17) is 0 Å². The van der Waals surface area contributed by atoms with E-state index < -0.39 is 0 Å². The maximum absolute atomic E-state index is 12.5. The van der Waals surface area contributed by atoms with Gasteiger partial charge in [0.05, 0.1) is 17.8 Å². The summed E-state index contributed by atoms with van der Waals surface area (Å²) >= 11 is 0. The molecule has 7 nitrogen and oxygen atoms in total. The minimum atomic E-state index is -0.234. The molecule has 0 aliphatic carbocycles. The summed E-state index contributed by atoms with van der Waals surface area (Å²) in [5.41, 5.74) is 4.47. The molecule has 1 N–H and O–H groups in total. The highest BCUT2D eigenvalue weighted by Gasteiger charge is 2.19. The standard InChI is InChI=1S/C18H22N6O/c1-5-24-14(4)16(13(3)21-24)17(25)20-18-19-11-23(22-18)10-15-8-6-12(2)7-9-15/h6-9,11H,5,10H2,1-4H3,(H,20,22,25). The molecule has 2 aromatic heterocycles. The zero-order valence-electron chi connectivity index (χ0n) is 14.9. The van der Waals surface area contributed by atoms with E-state index in [1.807, 2.05) is 25.5 Å². The van der Waals surface area contributed by atoms with Crippen LogP contribution in [0.4, 0.5) is 5.95 Å². The van der Waals surface area contributed by atoms with Gasteiger partial charge in [-0.25, -0.2) is 9.67 Å². The Balaban J connectivity index is 1.72. The van der Waals surface area contributed by atoms with Gasteiger partial charge in [0.2, 0.25) is 5.95 Å². The average molecular weight is 338 g/mol. The van der Waals surface area contributed by atoms with Gasteiger partial charge in [0, 0.05) is 12.2 Å². The summed E-state index contributed by atoms with van der Waals surface area (Å²) in [4.78, 5) is 16.7. The molecule has 0 fully saturated rings. The number of carbonyl (C=O) groups excluding carboxylic acids is 1. The number of nitrogens with one attached hydrogen (secondary N) is 1. The molecule has 130 valence electrons. The Labute approximate surface area is 146 Å². The molecule has 2 heterocycles. The maximum Gasteiger partial charge on any atom is 0.261 e. The van der Waals surface area contributed by atoms with Gasteiger partial charge in [0.15, 0.2) is 0 Å². The smallest absolute Gasteiger partial charge is 0.261 e. The summed E-state index contributed by atoms with van der Waals surface area (Å²) in [6, 6.07) is 8.24. The van der Waals surface area contributed by atoms with Crippen LogP contribution in [0.2, 0.25) is 0 Å². The Bertz CT molecular complexity index is 891. The van der Waals surface area contributed by atoms with Crippen LogP contribution in [0.5, 0.6) is 0 Å². The van der Waals surface area contributed by atoms with Crippen molar-refractivity contribution in [1.82, 2.24) is 24.5 Å². The summed E-state index contributed by atoms with van der Waals surface area (Å²) in [7, 11) is 0. The molecule has 0 bridgehead atoms. The van der Waals surface area contributed by atoms with Crippen LogP contribution in [0.3, 0.4) is 0 Å². The summed E-state index contributed by atoms with van der Waals surface area (Å²) < 4.78 is 3.52. The molecule has 1 amide bonds. The first-order chi connectivity index (χ1) is 12.0. The van der Waals surface area contributed by atoms with E-state index in [9.17, 15) is 4.79 Å². The first-order valence-electron chi connectivity index (χ1n) is 8.28. The number of nitrogens with zero attached hydrogens (tertiary/aromatic N) is 5. The maximum atomic E-state index is 12.5. The van der Waals surface area contributed by atoms with Gasteiger partial charge in [0.1, 0.15) is 6.33 Å². The summed E-state index contributed by atoms with van der Waals surface area (Å²) in [5, 5.41) is 11.5. The number of aromatic nitrogens is 5. The number of benzene rings is 1. The van der Waals surface area contributed by atoms with Crippen LogP contribution in [0.25, 0.3) is 0 Å². The Kier molecular flexibility index (Phi) is 4.65.